The zero-order valence-electron chi connectivity index (χ0n) is 13.0. The lowest BCUT2D eigenvalue weighted by Crippen LogP contribution is -2.39. The minimum Gasteiger partial charge on any atom is -0.478 e. The van der Waals surface area contributed by atoms with Crippen molar-refractivity contribution in [1.82, 2.24) is 9.21 Å². The average Bonchev–Trinajstić information content (AvgIpc) is 2.79. The summed E-state index contributed by atoms with van der Waals surface area (Å²) < 4.78 is 29.5. The molecule has 0 unspecified atom stereocenters. The van der Waals surface area contributed by atoms with Crippen molar-refractivity contribution >= 4 is 21.9 Å². The van der Waals surface area contributed by atoms with E-state index in [9.17, 15) is 18.0 Å². The highest BCUT2D eigenvalue weighted by atomic mass is 32.2. The lowest BCUT2D eigenvalue weighted by atomic mass is 10.2. The molecule has 1 heterocycles. The van der Waals surface area contributed by atoms with Crippen LogP contribution in [0.4, 0.5) is 0 Å². The highest BCUT2D eigenvalue weighted by Crippen LogP contribution is 2.16. The lowest BCUT2D eigenvalue weighted by Gasteiger charge is -2.20. The van der Waals surface area contributed by atoms with Gasteiger partial charge in [0.25, 0.3) is 0 Å². The smallest absolute Gasteiger partial charge is 0.339 e. The van der Waals surface area contributed by atoms with E-state index in [-0.39, 0.29) is 30.2 Å². The molecular weight excluding hydrogens is 312 g/mol. The first kappa shape index (κ1) is 18.2. The predicted octanol–water partition coefficient (Wildman–Crippen LogP) is 0.526. The van der Waals surface area contributed by atoms with Crippen LogP contribution in [0, 0.1) is 6.92 Å². The molecule has 0 aliphatic heterocycles. The van der Waals surface area contributed by atoms with Crippen LogP contribution >= 0.6 is 0 Å². The molecule has 22 heavy (non-hydrogen) atoms. The van der Waals surface area contributed by atoms with E-state index in [1.165, 1.54) is 38.9 Å². The van der Waals surface area contributed by atoms with Crippen LogP contribution in [0.2, 0.25) is 0 Å². The van der Waals surface area contributed by atoms with E-state index in [1.54, 1.807) is 0 Å². The van der Waals surface area contributed by atoms with Gasteiger partial charge < -0.3 is 14.4 Å². The number of amides is 1. The highest BCUT2D eigenvalue weighted by molar-refractivity contribution is 7.89. The van der Waals surface area contributed by atoms with Gasteiger partial charge in [0.2, 0.25) is 15.9 Å². The standard InChI is InChI=1S/C13H20N2O6S/c1-5-22(19,20)15(4)8-12(16)14(3)7-10-6-11(13(17)18)9(2)21-10/h6H,5,7-8H2,1-4H3,(H,17,18). The van der Waals surface area contributed by atoms with Gasteiger partial charge in [0.15, 0.2) is 0 Å². The van der Waals surface area contributed by atoms with Gasteiger partial charge in [-0.05, 0) is 19.9 Å². The summed E-state index contributed by atoms with van der Waals surface area (Å²) >= 11 is 0. The number of nitrogens with zero attached hydrogens (tertiary/aromatic N) is 2. The molecule has 0 saturated heterocycles. The molecule has 1 aromatic heterocycles. The third-order valence-electron chi connectivity index (χ3n) is 3.22. The van der Waals surface area contributed by atoms with Crippen LogP contribution in [0.15, 0.2) is 10.5 Å². The van der Waals surface area contributed by atoms with Crippen molar-refractivity contribution in [2.75, 3.05) is 26.4 Å². The van der Waals surface area contributed by atoms with Crippen molar-refractivity contribution in [2.45, 2.75) is 20.4 Å². The third-order valence-corrected chi connectivity index (χ3v) is 5.02. The number of likely N-dealkylation sites (N-methyl/N-ethyl adjacent to an activating group) is 2. The molecule has 0 aliphatic rings. The van der Waals surface area contributed by atoms with Crippen LogP contribution in [0.5, 0.6) is 0 Å². The van der Waals surface area contributed by atoms with Crippen molar-refractivity contribution in [3.8, 4) is 0 Å². The largest absolute Gasteiger partial charge is 0.478 e. The minimum absolute atomic E-state index is 0.0431. The second kappa shape index (κ2) is 6.93. The van der Waals surface area contributed by atoms with E-state index >= 15 is 0 Å². The molecule has 9 heteroatoms. The Morgan fingerprint density at radius 1 is 1.32 bits per heavy atom. The van der Waals surface area contributed by atoms with Crippen LogP contribution in [0.25, 0.3) is 0 Å². The molecule has 0 bridgehead atoms. The van der Waals surface area contributed by atoms with E-state index in [1.807, 2.05) is 0 Å². The molecule has 0 atom stereocenters. The minimum atomic E-state index is -3.43. The van der Waals surface area contributed by atoms with Crippen LogP contribution in [-0.2, 0) is 21.4 Å². The highest BCUT2D eigenvalue weighted by Gasteiger charge is 2.22. The number of aromatic carboxylic acids is 1. The monoisotopic (exact) mass is 332 g/mol. The number of carbonyl (C=O) groups excluding carboxylic acids is 1. The fourth-order valence-electron chi connectivity index (χ4n) is 1.79. The summed E-state index contributed by atoms with van der Waals surface area (Å²) in [6.45, 7) is 2.81. The topological polar surface area (TPSA) is 108 Å². The fraction of sp³-hybridized carbons (Fsp3) is 0.538. The molecule has 0 fully saturated rings. The van der Waals surface area contributed by atoms with Crippen molar-refractivity contribution in [3.05, 3.63) is 23.2 Å². The first-order valence-corrected chi connectivity index (χ1v) is 8.20. The Kier molecular flexibility index (Phi) is 5.72. The summed E-state index contributed by atoms with van der Waals surface area (Å²) in [5.74, 6) is -1.01. The molecular formula is C13H20N2O6S. The number of sulfonamides is 1. The number of carboxylic acids is 1. The maximum absolute atomic E-state index is 12.0. The number of hydrogen-bond donors (Lipinski definition) is 1. The maximum Gasteiger partial charge on any atom is 0.339 e. The molecule has 0 saturated carbocycles. The third kappa shape index (κ3) is 4.31. The van der Waals surface area contributed by atoms with Crippen molar-refractivity contribution in [3.63, 3.8) is 0 Å². The summed E-state index contributed by atoms with van der Waals surface area (Å²) in [4.78, 5) is 24.2. The van der Waals surface area contributed by atoms with Crippen molar-refractivity contribution in [2.24, 2.45) is 0 Å². The molecule has 1 rings (SSSR count). The van der Waals surface area contributed by atoms with Crippen LogP contribution in [0.1, 0.15) is 28.8 Å². The Hall–Kier alpha value is -1.87. The number of hydrogen-bond acceptors (Lipinski definition) is 5. The van der Waals surface area contributed by atoms with Crippen LogP contribution < -0.4 is 0 Å². The Morgan fingerprint density at radius 3 is 2.36 bits per heavy atom. The SMILES string of the molecule is CCS(=O)(=O)N(C)CC(=O)N(C)Cc1cc(C(=O)O)c(C)o1. The number of aryl methyl sites for hydroxylation is 1. The Labute approximate surface area is 129 Å². The lowest BCUT2D eigenvalue weighted by molar-refractivity contribution is -0.130. The predicted molar refractivity (Wildman–Crippen MR) is 79.0 cm³/mol. The van der Waals surface area contributed by atoms with Gasteiger partial charge in [-0.2, -0.15) is 4.31 Å². The number of furan rings is 1. The van der Waals surface area contributed by atoms with E-state index in [2.05, 4.69) is 0 Å². The van der Waals surface area contributed by atoms with Crippen molar-refractivity contribution in [1.29, 1.82) is 0 Å². The van der Waals surface area contributed by atoms with Crippen LogP contribution in [-0.4, -0.2) is 61.0 Å². The van der Waals surface area contributed by atoms with E-state index in [0.717, 1.165) is 4.31 Å². The summed E-state index contributed by atoms with van der Waals surface area (Å²) in [6.07, 6.45) is 0. The molecule has 0 aromatic carbocycles. The van der Waals surface area contributed by atoms with Gasteiger partial charge >= 0.3 is 5.97 Å². The van der Waals surface area contributed by atoms with E-state index in [0.29, 0.717) is 5.76 Å². The summed E-state index contributed by atoms with van der Waals surface area (Å²) in [6, 6.07) is 1.36. The van der Waals surface area contributed by atoms with Gasteiger partial charge in [0, 0.05) is 14.1 Å². The number of rotatable bonds is 7. The van der Waals surface area contributed by atoms with Crippen LogP contribution in [0.3, 0.4) is 0 Å². The first-order chi connectivity index (χ1) is 10.1. The molecule has 0 spiro atoms. The Balaban J connectivity index is 2.73. The zero-order valence-corrected chi connectivity index (χ0v) is 13.8. The van der Waals surface area contributed by atoms with Gasteiger partial charge in [-0.3, -0.25) is 4.79 Å². The maximum atomic E-state index is 12.0. The van der Waals surface area contributed by atoms with Gasteiger partial charge in [-0.15, -0.1) is 0 Å². The fourth-order valence-corrected chi connectivity index (χ4v) is 2.53. The average molecular weight is 332 g/mol. The molecule has 1 aromatic rings. The summed E-state index contributed by atoms with van der Waals surface area (Å²) in [5.41, 5.74) is 0.0431. The number of carbonyl (C=O) groups is 2. The van der Waals surface area contributed by atoms with E-state index in [4.69, 9.17) is 9.52 Å². The molecule has 1 N–H and O–H groups in total. The molecule has 1 amide bonds. The quantitative estimate of drug-likeness (QED) is 0.780. The van der Waals surface area contributed by atoms with Crippen molar-refractivity contribution < 1.29 is 27.5 Å². The summed E-state index contributed by atoms with van der Waals surface area (Å²) in [7, 11) is -0.598. The summed E-state index contributed by atoms with van der Waals surface area (Å²) in [5, 5.41) is 8.94. The molecule has 124 valence electrons. The zero-order chi connectivity index (χ0) is 17.1. The van der Waals surface area contributed by atoms with Gasteiger partial charge in [-0.25, -0.2) is 13.2 Å². The Bertz CT molecular complexity index is 664. The first-order valence-electron chi connectivity index (χ1n) is 6.59. The second-order valence-corrected chi connectivity index (χ2v) is 7.26. The molecule has 0 aliphatic carbocycles. The Morgan fingerprint density at radius 2 is 1.91 bits per heavy atom. The molecule has 0 radical (unpaired) electrons. The number of carboxylic acid groups (broad SMARTS) is 1. The van der Waals surface area contributed by atoms with Gasteiger partial charge in [0.1, 0.15) is 17.1 Å². The van der Waals surface area contributed by atoms with Gasteiger partial charge in [0.05, 0.1) is 18.8 Å². The van der Waals surface area contributed by atoms with Gasteiger partial charge in [-0.1, -0.05) is 0 Å². The second-order valence-electron chi connectivity index (χ2n) is 4.89. The van der Waals surface area contributed by atoms with E-state index < -0.39 is 21.9 Å². The normalized spacial score (nSPS) is 11.7. The molecule has 8 nitrogen and oxygen atoms in total.